The fourth-order valence-electron chi connectivity index (χ4n) is 5.35. The quantitative estimate of drug-likeness (QED) is 0.757. The van der Waals surface area contributed by atoms with E-state index in [1.807, 2.05) is 19.1 Å². The lowest BCUT2D eigenvalue weighted by atomic mass is 9.64. The van der Waals surface area contributed by atoms with Gasteiger partial charge in [0.2, 0.25) is 0 Å². The summed E-state index contributed by atoms with van der Waals surface area (Å²) >= 11 is 0. The third-order valence-corrected chi connectivity index (χ3v) is 6.29. The van der Waals surface area contributed by atoms with Gasteiger partial charge in [-0.1, -0.05) is 12.2 Å². The summed E-state index contributed by atoms with van der Waals surface area (Å²) in [5.41, 5.74) is 0.203. The summed E-state index contributed by atoms with van der Waals surface area (Å²) in [7, 11) is 0. The van der Waals surface area contributed by atoms with E-state index in [0.29, 0.717) is 0 Å². The van der Waals surface area contributed by atoms with Crippen LogP contribution in [0.4, 0.5) is 0 Å². The maximum absolute atomic E-state index is 11.9. The van der Waals surface area contributed by atoms with E-state index < -0.39 is 17.7 Å². The van der Waals surface area contributed by atoms with Crippen LogP contribution in [0.5, 0.6) is 0 Å². The van der Waals surface area contributed by atoms with Gasteiger partial charge in [0.15, 0.2) is 6.29 Å². The Balaban J connectivity index is 1.94. The van der Waals surface area contributed by atoms with Crippen LogP contribution in [-0.4, -0.2) is 22.5 Å². The lowest BCUT2D eigenvalue weighted by molar-refractivity contribution is -0.154. The lowest BCUT2D eigenvalue weighted by Gasteiger charge is -2.43. The molecule has 6 atom stereocenters. The average Bonchev–Trinajstić information content (AvgIpc) is 2.83. The van der Waals surface area contributed by atoms with Crippen molar-refractivity contribution in [1.29, 1.82) is 0 Å². The molecule has 102 valence electrons. The van der Waals surface area contributed by atoms with E-state index >= 15 is 0 Å². The monoisotopic (exact) mass is 262 g/mol. The number of ether oxygens (including phenoxy) is 1. The summed E-state index contributed by atoms with van der Waals surface area (Å²) in [6, 6.07) is 0. The van der Waals surface area contributed by atoms with Gasteiger partial charge in [0.1, 0.15) is 0 Å². The number of carboxylic acids is 1. The molecule has 2 bridgehead atoms. The first-order chi connectivity index (χ1) is 9.01. The van der Waals surface area contributed by atoms with Gasteiger partial charge < -0.3 is 14.9 Å². The number of rotatable bonds is 1. The second-order valence-corrected chi connectivity index (χ2v) is 6.63. The maximum Gasteiger partial charge on any atom is 0.310 e. The highest BCUT2D eigenvalue weighted by Crippen LogP contribution is 2.73. The third-order valence-electron chi connectivity index (χ3n) is 6.29. The first-order valence-electron chi connectivity index (χ1n) is 6.97. The van der Waals surface area contributed by atoms with Crippen LogP contribution >= 0.6 is 0 Å². The first-order valence-corrected chi connectivity index (χ1v) is 6.97. The molecule has 1 heterocycles. The molecule has 0 radical (unpaired) electrons. The van der Waals surface area contributed by atoms with E-state index in [-0.39, 0.29) is 23.2 Å². The molecule has 4 heteroatoms. The molecule has 19 heavy (non-hydrogen) atoms. The van der Waals surface area contributed by atoms with Crippen molar-refractivity contribution in [2.24, 2.45) is 28.6 Å². The van der Waals surface area contributed by atoms with Gasteiger partial charge in [-0.3, -0.25) is 4.79 Å². The predicted octanol–water partition coefficient (Wildman–Crippen LogP) is 1.91. The van der Waals surface area contributed by atoms with Crippen molar-refractivity contribution in [3.05, 3.63) is 24.0 Å². The van der Waals surface area contributed by atoms with Crippen LogP contribution in [0, 0.1) is 28.6 Å². The van der Waals surface area contributed by atoms with Gasteiger partial charge in [-0.25, -0.2) is 0 Å². The number of fused-ring (bicyclic) bond motifs is 1. The van der Waals surface area contributed by atoms with Crippen molar-refractivity contribution in [3.8, 4) is 0 Å². The summed E-state index contributed by atoms with van der Waals surface area (Å²) in [5, 5.41) is 19.9. The van der Waals surface area contributed by atoms with E-state index in [0.717, 1.165) is 24.8 Å². The number of allylic oxidation sites excluding steroid dienone is 3. The minimum Gasteiger partial charge on any atom is -0.481 e. The smallest absolute Gasteiger partial charge is 0.310 e. The van der Waals surface area contributed by atoms with Gasteiger partial charge in [-0.05, 0) is 43.6 Å². The number of carboxylic acid groups (broad SMARTS) is 1. The zero-order valence-electron chi connectivity index (χ0n) is 10.9. The molecule has 6 unspecified atom stereocenters. The van der Waals surface area contributed by atoms with Crippen molar-refractivity contribution in [3.63, 3.8) is 0 Å². The molecule has 3 aliphatic carbocycles. The second kappa shape index (κ2) is 3.23. The number of hydrogen-bond acceptors (Lipinski definition) is 3. The number of carbonyl (C=O) groups is 1. The molecular weight excluding hydrogens is 244 g/mol. The number of aliphatic carboxylic acids is 1. The van der Waals surface area contributed by atoms with Crippen LogP contribution in [-0.2, 0) is 9.53 Å². The Morgan fingerprint density at radius 2 is 2.26 bits per heavy atom. The van der Waals surface area contributed by atoms with Gasteiger partial charge in [0, 0.05) is 11.3 Å². The molecule has 1 aliphatic heterocycles. The fourth-order valence-corrected chi connectivity index (χ4v) is 5.35. The molecule has 0 saturated heterocycles. The topological polar surface area (TPSA) is 66.8 Å². The van der Waals surface area contributed by atoms with Crippen molar-refractivity contribution in [2.75, 3.05) is 0 Å². The van der Waals surface area contributed by atoms with Gasteiger partial charge in [-0.15, -0.1) is 0 Å². The highest BCUT2D eigenvalue weighted by Gasteiger charge is 2.71. The van der Waals surface area contributed by atoms with Crippen LogP contribution < -0.4 is 0 Å². The molecule has 0 amide bonds. The normalized spacial score (nSPS) is 53.5. The third kappa shape index (κ3) is 1.05. The number of hydrogen-bond donors (Lipinski definition) is 2. The lowest BCUT2D eigenvalue weighted by Crippen LogP contribution is -2.43. The molecule has 4 nitrogen and oxygen atoms in total. The van der Waals surface area contributed by atoms with Gasteiger partial charge in [-0.2, -0.15) is 0 Å². The van der Waals surface area contributed by atoms with Crippen molar-refractivity contribution in [2.45, 2.75) is 32.5 Å². The van der Waals surface area contributed by atoms with Gasteiger partial charge in [0.25, 0.3) is 0 Å². The Hall–Kier alpha value is -1.29. The highest BCUT2D eigenvalue weighted by molar-refractivity contribution is 5.77. The zero-order valence-corrected chi connectivity index (χ0v) is 10.9. The molecule has 0 aromatic carbocycles. The Morgan fingerprint density at radius 3 is 3.00 bits per heavy atom. The second-order valence-electron chi connectivity index (χ2n) is 6.63. The Morgan fingerprint density at radius 1 is 1.47 bits per heavy atom. The molecule has 0 aromatic heterocycles. The molecule has 1 spiro atoms. The minimum absolute atomic E-state index is 0.0473. The first kappa shape index (κ1) is 11.5. The van der Waals surface area contributed by atoms with Gasteiger partial charge in [0.05, 0.1) is 11.7 Å². The Kier molecular flexibility index (Phi) is 1.96. The Bertz CT molecular complexity index is 522. The fraction of sp³-hybridized carbons (Fsp3) is 0.667. The summed E-state index contributed by atoms with van der Waals surface area (Å²) in [5.74, 6) is -0.481. The molecule has 0 aromatic rings. The van der Waals surface area contributed by atoms with Crippen molar-refractivity contribution in [1.82, 2.24) is 0 Å². The predicted molar refractivity (Wildman–Crippen MR) is 66.8 cm³/mol. The molecule has 2 fully saturated rings. The SMILES string of the molecule is CC1(C(=O)O)C2C=CC3=COC(O)C4CCC1C34C2. The molecule has 2 saturated carbocycles. The highest BCUT2D eigenvalue weighted by atomic mass is 16.6. The minimum atomic E-state index is -0.781. The van der Waals surface area contributed by atoms with Crippen LogP contribution in [0.3, 0.4) is 0 Å². The van der Waals surface area contributed by atoms with E-state index in [1.54, 1.807) is 6.26 Å². The Labute approximate surface area is 111 Å². The maximum atomic E-state index is 11.9. The van der Waals surface area contributed by atoms with Crippen molar-refractivity contribution < 1.29 is 19.7 Å². The molecule has 4 aliphatic rings. The van der Waals surface area contributed by atoms with Crippen molar-refractivity contribution >= 4 is 5.97 Å². The van der Waals surface area contributed by atoms with Crippen LogP contribution in [0.1, 0.15) is 26.2 Å². The summed E-state index contributed by atoms with van der Waals surface area (Å²) in [6.07, 6.45) is 7.49. The summed E-state index contributed by atoms with van der Waals surface area (Å²) in [4.78, 5) is 11.9. The van der Waals surface area contributed by atoms with Crippen LogP contribution in [0.2, 0.25) is 0 Å². The summed E-state index contributed by atoms with van der Waals surface area (Å²) in [6.45, 7) is 1.89. The van der Waals surface area contributed by atoms with E-state index in [1.165, 1.54) is 0 Å². The van der Waals surface area contributed by atoms with Crippen LogP contribution in [0.15, 0.2) is 24.0 Å². The number of aliphatic hydroxyl groups is 1. The van der Waals surface area contributed by atoms with Gasteiger partial charge >= 0.3 is 5.97 Å². The molecule has 2 N–H and O–H groups in total. The standard InChI is InChI=1S/C15H18O4/c1-14(13(17)18)8-2-3-9-7-19-12(16)10-4-5-11(14)15(9,10)6-8/h2-3,7-8,10-12,16H,4-6H2,1H3,(H,17,18). The summed E-state index contributed by atoms with van der Waals surface area (Å²) < 4.78 is 5.35. The van der Waals surface area contributed by atoms with E-state index in [2.05, 4.69) is 0 Å². The molecule has 4 rings (SSSR count). The number of aliphatic hydroxyl groups excluding tert-OH is 1. The van der Waals surface area contributed by atoms with E-state index in [4.69, 9.17) is 4.74 Å². The van der Waals surface area contributed by atoms with E-state index in [9.17, 15) is 15.0 Å². The largest absolute Gasteiger partial charge is 0.481 e. The zero-order chi connectivity index (χ0) is 13.4. The average molecular weight is 262 g/mol. The van der Waals surface area contributed by atoms with Crippen LogP contribution in [0.25, 0.3) is 0 Å². The molecular formula is C15H18O4.